The second-order valence-corrected chi connectivity index (χ2v) is 5.76. The molecule has 0 radical (unpaired) electrons. The van der Waals surface area contributed by atoms with Crippen molar-refractivity contribution < 1.29 is 18.8 Å². The summed E-state index contributed by atoms with van der Waals surface area (Å²) in [5.74, 6) is -1.70. The van der Waals surface area contributed by atoms with Gasteiger partial charge in [-0.25, -0.2) is 14.1 Å². The van der Waals surface area contributed by atoms with E-state index in [1.54, 1.807) is 18.2 Å². The van der Waals surface area contributed by atoms with Crippen LogP contribution < -0.4 is 10.6 Å². The SMILES string of the molecule is Cc1ccccc1NC(=O)CN1C(=O)N/C(=C\c2ccccc2F)C1=O. The Morgan fingerprint density at radius 3 is 2.58 bits per heavy atom. The van der Waals surface area contributed by atoms with Gasteiger partial charge in [0.15, 0.2) is 0 Å². The van der Waals surface area contributed by atoms with Crippen molar-refractivity contribution in [3.63, 3.8) is 0 Å². The molecule has 7 heteroatoms. The highest BCUT2D eigenvalue weighted by Crippen LogP contribution is 2.17. The largest absolute Gasteiger partial charge is 0.329 e. The summed E-state index contributed by atoms with van der Waals surface area (Å²) in [6.07, 6.45) is 1.24. The minimum absolute atomic E-state index is 0.0798. The first-order valence-electron chi connectivity index (χ1n) is 7.90. The first-order chi connectivity index (χ1) is 12.5. The van der Waals surface area contributed by atoms with Crippen LogP contribution in [-0.2, 0) is 9.59 Å². The number of carbonyl (C=O) groups excluding carboxylic acids is 3. The molecular weight excluding hydrogens is 337 g/mol. The van der Waals surface area contributed by atoms with Crippen LogP contribution in [0, 0.1) is 12.7 Å². The van der Waals surface area contributed by atoms with Gasteiger partial charge < -0.3 is 10.6 Å². The number of rotatable bonds is 4. The van der Waals surface area contributed by atoms with Crippen LogP contribution in [-0.4, -0.2) is 29.3 Å². The molecule has 1 aliphatic heterocycles. The number of carbonyl (C=O) groups is 3. The summed E-state index contributed by atoms with van der Waals surface area (Å²) in [5.41, 5.74) is 1.55. The highest BCUT2D eigenvalue weighted by molar-refractivity contribution is 6.16. The number of para-hydroxylation sites is 1. The van der Waals surface area contributed by atoms with Crippen LogP contribution in [0.1, 0.15) is 11.1 Å². The predicted molar refractivity (Wildman–Crippen MR) is 94.4 cm³/mol. The zero-order chi connectivity index (χ0) is 18.7. The summed E-state index contributed by atoms with van der Waals surface area (Å²) < 4.78 is 13.7. The Morgan fingerprint density at radius 2 is 1.85 bits per heavy atom. The molecule has 1 heterocycles. The minimum atomic E-state index is -0.725. The maximum atomic E-state index is 13.7. The van der Waals surface area contributed by atoms with Crippen molar-refractivity contribution in [2.75, 3.05) is 11.9 Å². The normalized spacial score (nSPS) is 15.3. The van der Waals surface area contributed by atoms with Gasteiger partial charge in [0, 0.05) is 11.3 Å². The lowest BCUT2D eigenvalue weighted by Gasteiger charge is -2.13. The number of benzene rings is 2. The molecule has 0 saturated carbocycles. The molecular formula is C19H16FN3O3. The van der Waals surface area contributed by atoms with Crippen LogP contribution in [0.3, 0.4) is 0 Å². The lowest BCUT2D eigenvalue weighted by molar-refractivity contribution is -0.127. The fraction of sp³-hybridized carbons (Fsp3) is 0.105. The maximum absolute atomic E-state index is 13.7. The van der Waals surface area contributed by atoms with E-state index in [9.17, 15) is 18.8 Å². The summed E-state index contributed by atoms with van der Waals surface area (Å²) >= 11 is 0. The Hall–Kier alpha value is -3.48. The van der Waals surface area contributed by atoms with Gasteiger partial charge in [0.2, 0.25) is 5.91 Å². The van der Waals surface area contributed by atoms with Crippen molar-refractivity contribution >= 4 is 29.6 Å². The minimum Gasteiger partial charge on any atom is -0.324 e. The molecule has 1 saturated heterocycles. The highest BCUT2D eigenvalue weighted by Gasteiger charge is 2.35. The van der Waals surface area contributed by atoms with E-state index in [1.807, 2.05) is 19.1 Å². The number of aryl methyl sites for hydroxylation is 1. The lowest BCUT2D eigenvalue weighted by Crippen LogP contribution is -2.38. The molecule has 26 heavy (non-hydrogen) atoms. The average molecular weight is 353 g/mol. The molecule has 0 aliphatic carbocycles. The molecule has 0 bridgehead atoms. The first kappa shape index (κ1) is 17.3. The summed E-state index contributed by atoms with van der Waals surface area (Å²) in [5, 5.41) is 5.02. The highest BCUT2D eigenvalue weighted by atomic mass is 19.1. The monoisotopic (exact) mass is 353 g/mol. The van der Waals surface area contributed by atoms with Crippen LogP contribution in [0.2, 0.25) is 0 Å². The number of nitrogens with zero attached hydrogens (tertiary/aromatic N) is 1. The molecule has 0 unspecified atom stereocenters. The molecule has 6 nitrogen and oxygen atoms in total. The van der Waals surface area contributed by atoms with Crippen LogP contribution in [0.15, 0.2) is 54.2 Å². The summed E-state index contributed by atoms with van der Waals surface area (Å²) in [7, 11) is 0. The molecule has 132 valence electrons. The first-order valence-corrected chi connectivity index (χ1v) is 7.90. The number of hydrogen-bond donors (Lipinski definition) is 2. The molecule has 0 atom stereocenters. The van der Waals surface area contributed by atoms with Gasteiger partial charge in [-0.2, -0.15) is 0 Å². The number of urea groups is 1. The quantitative estimate of drug-likeness (QED) is 0.655. The molecule has 4 amide bonds. The Morgan fingerprint density at radius 1 is 1.15 bits per heavy atom. The number of anilines is 1. The smallest absolute Gasteiger partial charge is 0.324 e. The number of hydrogen-bond acceptors (Lipinski definition) is 3. The third kappa shape index (κ3) is 3.61. The van der Waals surface area contributed by atoms with E-state index in [0.29, 0.717) is 5.69 Å². The standard InChI is InChI=1S/C19H16FN3O3/c1-12-6-2-5-9-15(12)21-17(24)11-23-18(25)16(22-19(23)26)10-13-7-3-4-8-14(13)20/h2-10H,11H2,1H3,(H,21,24)(H,22,26)/b16-10-. The van der Waals surface area contributed by atoms with Crippen molar-refractivity contribution in [1.29, 1.82) is 0 Å². The van der Waals surface area contributed by atoms with E-state index in [-0.39, 0.29) is 11.3 Å². The third-order valence-corrected chi connectivity index (χ3v) is 3.89. The number of amides is 4. The molecule has 3 rings (SSSR count). The van der Waals surface area contributed by atoms with Crippen LogP contribution in [0.5, 0.6) is 0 Å². The van der Waals surface area contributed by atoms with Gasteiger partial charge in [-0.15, -0.1) is 0 Å². The van der Waals surface area contributed by atoms with E-state index in [0.717, 1.165) is 10.5 Å². The van der Waals surface area contributed by atoms with E-state index in [4.69, 9.17) is 0 Å². The molecule has 0 aromatic heterocycles. The van der Waals surface area contributed by atoms with E-state index >= 15 is 0 Å². The number of nitrogens with one attached hydrogen (secondary N) is 2. The van der Waals surface area contributed by atoms with Gasteiger partial charge in [0.05, 0.1) is 0 Å². The molecule has 2 aromatic carbocycles. The number of halogens is 1. The van der Waals surface area contributed by atoms with Crippen LogP contribution >= 0.6 is 0 Å². The van der Waals surface area contributed by atoms with Crippen molar-refractivity contribution in [3.05, 3.63) is 71.2 Å². The predicted octanol–water partition coefficient (Wildman–Crippen LogP) is 2.67. The Kier molecular flexibility index (Phi) is 4.79. The summed E-state index contributed by atoms with van der Waals surface area (Å²) in [6, 6.07) is 12.3. The van der Waals surface area contributed by atoms with Gasteiger partial charge in [0.25, 0.3) is 5.91 Å². The summed E-state index contributed by atoms with van der Waals surface area (Å²) in [4.78, 5) is 37.3. The molecule has 2 aromatic rings. The fourth-order valence-electron chi connectivity index (χ4n) is 2.51. The van der Waals surface area contributed by atoms with E-state index in [1.165, 1.54) is 24.3 Å². The summed E-state index contributed by atoms with van der Waals surface area (Å²) in [6.45, 7) is 1.40. The average Bonchev–Trinajstić information content (AvgIpc) is 2.86. The molecule has 0 spiro atoms. The third-order valence-electron chi connectivity index (χ3n) is 3.89. The fourth-order valence-corrected chi connectivity index (χ4v) is 2.51. The van der Waals surface area contributed by atoms with Gasteiger partial charge in [-0.3, -0.25) is 9.59 Å². The number of imide groups is 1. The van der Waals surface area contributed by atoms with Crippen LogP contribution in [0.4, 0.5) is 14.9 Å². The van der Waals surface area contributed by atoms with Crippen molar-refractivity contribution in [3.8, 4) is 0 Å². The molecule has 1 fully saturated rings. The van der Waals surface area contributed by atoms with E-state index < -0.39 is 30.2 Å². The second-order valence-electron chi connectivity index (χ2n) is 5.76. The van der Waals surface area contributed by atoms with Gasteiger partial charge in [-0.05, 0) is 30.7 Å². The van der Waals surface area contributed by atoms with Crippen molar-refractivity contribution in [2.45, 2.75) is 6.92 Å². The second kappa shape index (κ2) is 7.18. The Balaban J connectivity index is 1.72. The maximum Gasteiger partial charge on any atom is 0.329 e. The van der Waals surface area contributed by atoms with Gasteiger partial charge in [0.1, 0.15) is 18.1 Å². The van der Waals surface area contributed by atoms with Crippen LogP contribution in [0.25, 0.3) is 6.08 Å². The van der Waals surface area contributed by atoms with Crippen molar-refractivity contribution in [1.82, 2.24) is 10.2 Å². The van der Waals surface area contributed by atoms with Gasteiger partial charge >= 0.3 is 6.03 Å². The zero-order valence-electron chi connectivity index (χ0n) is 14.0. The lowest BCUT2D eigenvalue weighted by atomic mass is 10.2. The Bertz CT molecular complexity index is 924. The molecule has 1 aliphatic rings. The zero-order valence-corrected chi connectivity index (χ0v) is 14.0. The van der Waals surface area contributed by atoms with E-state index in [2.05, 4.69) is 10.6 Å². The Labute approximate surface area is 149 Å². The van der Waals surface area contributed by atoms with Crippen molar-refractivity contribution in [2.24, 2.45) is 0 Å². The topological polar surface area (TPSA) is 78.5 Å². The van der Waals surface area contributed by atoms with Gasteiger partial charge in [-0.1, -0.05) is 36.4 Å². The molecule has 2 N–H and O–H groups in total.